The highest BCUT2D eigenvalue weighted by Gasteiger charge is 2.17. The molecular weight excluding hydrogens is 722 g/mol. The summed E-state index contributed by atoms with van der Waals surface area (Å²) in [6.45, 7) is 0.262. The van der Waals surface area contributed by atoms with Gasteiger partial charge in [-0.15, -0.1) is 0 Å². The highest BCUT2D eigenvalue weighted by molar-refractivity contribution is 5.95. The summed E-state index contributed by atoms with van der Waals surface area (Å²) in [4.78, 5) is 63.8. The van der Waals surface area contributed by atoms with Gasteiger partial charge in [-0.2, -0.15) is 0 Å². The first-order valence-electron chi connectivity index (χ1n) is 17.3. The molecule has 1 aliphatic rings. The number of hydrogen-bond acceptors (Lipinski definition) is 10. The van der Waals surface area contributed by atoms with Gasteiger partial charge in [0, 0.05) is 58.8 Å². The third-order valence-corrected chi connectivity index (χ3v) is 7.73. The van der Waals surface area contributed by atoms with Gasteiger partial charge in [-0.05, 0) is 67.6 Å². The van der Waals surface area contributed by atoms with Crippen molar-refractivity contribution in [2.24, 2.45) is 0 Å². The third kappa shape index (κ3) is 11.7. The highest BCUT2D eigenvalue weighted by atomic mass is 16.5. The molecule has 0 aromatic heterocycles. The molecule has 15 nitrogen and oxygen atoms in total. The van der Waals surface area contributed by atoms with E-state index in [0.29, 0.717) is 57.2 Å². The molecule has 15 heteroatoms. The maximum absolute atomic E-state index is 13.0. The topological polar surface area (TPSA) is 192 Å². The van der Waals surface area contributed by atoms with Crippen LogP contribution in [0.4, 0.5) is 28.4 Å². The Bertz CT molecular complexity index is 2230. The highest BCUT2D eigenvalue weighted by Crippen LogP contribution is 2.23. The van der Waals surface area contributed by atoms with Gasteiger partial charge in [-0.3, -0.25) is 24.0 Å². The molecule has 0 aliphatic carbocycles. The van der Waals surface area contributed by atoms with Gasteiger partial charge in [0.05, 0.1) is 0 Å². The quantitative estimate of drug-likeness (QED) is 0.135. The molecule has 0 saturated heterocycles. The zero-order chi connectivity index (χ0) is 39.3. The number of anilines is 5. The van der Waals surface area contributed by atoms with Crippen molar-refractivity contribution < 1.29 is 47.7 Å². The van der Waals surface area contributed by atoms with Crippen molar-refractivity contribution in [3.8, 4) is 28.7 Å². The Kier molecular flexibility index (Phi) is 12.6. The molecule has 5 aromatic carbocycles. The molecule has 56 heavy (non-hydrogen) atoms. The average Bonchev–Trinajstić information content (AvgIpc) is 3.18. The summed E-state index contributed by atoms with van der Waals surface area (Å²) in [5.74, 6) is -0.575. The first-order valence-corrected chi connectivity index (χ1v) is 17.3. The fourth-order valence-electron chi connectivity index (χ4n) is 5.19. The van der Waals surface area contributed by atoms with Crippen LogP contribution in [0.2, 0.25) is 0 Å². The maximum Gasteiger partial charge on any atom is 0.265 e. The molecule has 0 unspecified atom stereocenters. The molecule has 5 N–H and O–H groups in total. The molecule has 0 spiro atoms. The predicted octanol–water partition coefficient (Wildman–Crippen LogP) is 5.48. The lowest BCUT2D eigenvalue weighted by Gasteiger charge is -2.16. The SMILES string of the molecule is C[C@H]1Oc2cccc(c2)NC(=O)COc2cccc(c2)NC(=O)COc2cccc(c2)NC(=O)COc2cccc(c2)NC(=O)COc2cccc(c2)NC1=O. The number of hydrogen-bond donors (Lipinski definition) is 5. The standard InChI is InChI=1S/C41H37N5O10/c1-26-41(51)46-31-11-5-15-35(20-31)55-24-39(49)44-29-9-3-13-33(18-29)53-22-37(47)42-27-7-2-12-32(17-27)52-23-38(48)43-28-8-4-14-34(19-28)54-25-40(50)45-30-10-6-16-36(21-30)56-26/h2-21,26H,22-25H2,1H3,(H,42,47)(H,43,48)(H,44,49)(H,45,50)(H,46,51)/t26-/m1/s1. The van der Waals surface area contributed by atoms with Crippen molar-refractivity contribution in [3.63, 3.8) is 0 Å². The Balaban J connectivity index is 1.14. The van der Waals surface area contributed by atoms with E-state index in [1.165, 1.54) is 0 Å². The van der Waals surface area contributed by atoms with Gasteiger partial charge in [0.15, 0.2) is 32.5 Å². The van der Waals surface area contributed by atoms with Gasteiger partial charge in [-0.1, -0.05) is 30.3 Å². The van der Waals surface area contributed by atoms with Crippen molar-refractivity contribution in [2.75, 3.05) is 53.0 Å². The van der Waals surface area contributed by atoms with Gasteiger partial charge in [0.1, 0.15) is 28.7 Å². The summed E-state index contributed by atoms with van der Waals surface area (Å²) in [6.07, 6.45) is -0.925. The number of ether oxygens (including phenoxy) is 5. The van der Waals surface area contributed by atoms with Crippen molar-refractivity contribution in [1.29, 1.82) is 0 Å². The minimum atomic E-state index is -0.925. The summed E-state index contributed by atoms with van der Waals surface area (Å²) in [6, 6.07) is 32.6. The van der Waals surface area contributed by atoms with E-state index in [1.54, 1.807) is 128 Å². The van der Waals surface area contributed by atoms with E-state index < -0.39 is 35.6 Å². The minimum Gasteiger partial charge on any atom is -0.484 e. The van der Waals surface area contributed by atoms with Gasteiger partial charge in [0.2, 0.25) is 0 Å². The lowest BCUT2D eigenvalue weighted by Crippen LogP contribution is -2.30. The number of fused-ring (bicyclic) bond motifs is 10. The summed E-state index contributed by atoms with van der Waals surface area (Å²) in [7, 11) is 0. The lowest BCUT2D eigenvalue weighted by atomic mass is 10.2. The average molecular weight is 760 g/mol. The van der Waals surface area contributed by atoms with Crippen LogP contribution in [-0.2, 0) is 24.0 Å². The van der Waals surface area contributed by atoms with Crippen molar-refractivity contribution in [1.82, 2.24) is 0 Å². The molecule has 0 radical (unpaired) electrons. The molecule has 286 valence electrons. The first-order chi connectivity index (χ1) is 27.1. The van der Waals surface area contributed by atoms with Crippen LogP contribution in [0.15, 0.2) is 121 Å². The van der Waals surface area contributed by atoms with E-state index in [2.05, 4.69) is 26.6 Å². The Hall–Kier alpha value is -7.55. The van der Waals surface area contributed by atoms with E-state index in [0.717, 1.165) is 0 Å². The monoisotopic (exact) mass is 759 g/mol. The molecule has 10 bridgehead atoms. The molecule has 6 rings (SSSR count). The first kappa shape index (κ1) is 38.2. The van der Waals surface area contributed by atoms with Crippen molar-refractivity contribution in [2.45, 2.75) is 13.0 Å². The number of rotatable bonds is 0. The predicted molar refractivity (Wildman–Crippen MR) is 207 cm³/mol. The molecule has 5 aromatic rings. The molecule has 5 amide bonds. The van der Waals surface area contributed by atoms with Crippen LogP contribution in [0.25, 0.3) is 0 Å². The van der Waals surface area contributed by atoms with E-state index in [9.17, 15) is 24.0 Å². The molecule has 0 saturated carbocycles. The van der Waals surface area contributed by atoms with Gasteiger partial charge in [0.25, 0.3) is 29.5 Å². The Morgan fingerprint density at radius 1 is 0.393 bits per heavy atom. The summed E-state index contributed by atoms with van der Waals surface area (Å²) in [5.41, 5.74) is 2.09. The minimum absolute atomic E-state index is 0.327. The van der Waals surface area contributed by atoms with Crippen LogP contribution < -0.4 is 50.3 Å². The van der Waals surface area contributed by atoms with Crippen LogP contribution in [-0.4, -0.2) is 62.1 Å². The van der Waals surface area contributed by atoms with E-state index >= 15 is 0 Å². The molecule has 1 aliphatic heterocycles. The van der Waals surface area contributed by atoms with Crippen LogP contribution >= 0.6 is 0 Å². The Morgan fingerprint density at radius 3 is 0.982 bits per heavy atom. The van der Waals surface area contributed by atoms with Crippen molar-refractivity contribution in [3.05, 3.63) is 121 Å². The maximum atomic E-state index is 13.0. The normalized spacial score (nSPS) is 16.0. The Labute approximate surface area is 321 Å². The second-order valence-electron chi connectivity index (χ2n) is 12.2. The summed E-state index contributed by atoms with van der Waals surface area (Å²) in [5, 5.41) is 13.7. The molecular formula is C41H37N5O10. The fourth-order valence-corrected chi connectivity index (χ4v) is 5.19. The number of carbonyl (C=O) groups is 5. The van der Waals surface area contributed by atoms with Gasteiger partial charge in [-0.25, -0.2) is 0 Å². The zero-order valence-corrected chi connectivity index (χ0v) is 30.0. The largest absolute Gasteiger partial charge is 0.484 e. The Morgan fingerprint density at radius 2 is 0.661 bits per heavy atom. The van der Waals surface area contributed by atoms with Gasteiger partial charge >= 0.3 is 0 Å². The van der Waals surface area contributed by atoms with Crippen LogP contribution in [0.3, 0.4) is 0 Å². The summed E-state index contributed by atoms with van der Waals surface area (Å²) < 4.78 is 28.4. The molecule has 1 atom stereocenters. The number of carbonyl (C=O) groups excluding carboxylic acids is 5. The second kappa shape index (κ2) is 18.5. The number of benzene rings is 5. The molecule has 1 heterocycles. The van der Waals surface area contributed by atoms with Crippen LogP contribution in [0.5, 0.6) is 28.7 Å². The third-order valence-electron chi connectivity index (χ3n) is 7.73. The zero-order valence-electron chi connectivity index (χ0n) is 30.0. The van der Waals surface area contributed by atoms with Gasteiger partial charge < -0.3 is 50.3 Å². The second-order valence-corrected chi connectivity index (χ2v) is 12.2. The van der Waals surface area contributed by atoms with Crippen molar-refractivity contribution >= 4 is 58.0 Å². The van der Waals surface area contributed by atoms with E-state index in [-0.39, 0.29) is 26.4 Å². The summed E-state index contributed by atoms with van der Waals surface area (Å²) >= 11 is 0. The van der Waals surface area contributed by atoms with Crippen LogP contribution in [0, 0.1) is 0 Å². The smallest absolute Gasteiger partial charge is 0.265 e. The molecule has 0 fully saturated rings. The fraction of sp³-hybridized carbons (Fsp3) is 0.146. The number of amides is 5. The lowest BCUT2D eigenvalue weighted by molar-refractivity contribution is -0.122. The van der Waals surface area contributed by atoms with E-state index in [1.807, 2.05) is 0 Å². The number of nitrogens with one attached hydrogen (secondary N) is 5. The van der Waals surface area contributed by atoms with Crippen LogP contribution in [0.1, 0.15) is 6.92 Å². The van der Waals surface area contributed by atoms with E-state index in [4.69, 9.17) is 23.7 Å².